The van der Waals surface area contributed by atoms with Crippen molar-refractivity contribution in [2.45, 2.75) is 32.9 Å². The first kappa shape index (κ1) is 16.9. The van der Waals surface area contributed by atoms with Gasteiger partial charge in [0.15, 0.2) is 0 Å². The van der Waals surface area contributed by atoms with Crippen LogP contribution in [0.3, 0.4) is 0 Å². The van der Waals surface area contributed by atoms with Crippen molar-refractivity contribution in [2.75, 3.05) is 32.7 Å². The number of aliphatic hydroxyl groups is 1. The number of carbonyl (C=O) groups is 1. The Kier molecular flexibility index (Phi) is 5.56. The minimum absolute atomic E-state index is 0.216. The van der Waals surface area contributed by atoms with E-state index < -0.39 is 6.10 Å². The molecule has 22 heavy (non-hydrogen) atoms. The second-order valence-electron chi connectivity index (χ2n) is 6.35. The molecule has 1 aliphatic heterocycles. The molecule has 0 radical (unpaired) electrons. The molecule has 1 heterocycles. The Balaban J connectivity index is 1.89. The topological polar surface area (TPSA) is 69.8 Å². The van der Waals surface area contributed by atoms with Crippen LogP contribution in [0.4, 0.5) is 0 Å². The summed E-state index contributed by atoms with van der Waals surface area (Å²) in [5.41, 5.74) is 8.68. The van der Waals surface area contributed by atoms with Gasteiger partial charge in [0.1, 0.15) is 0 Å². The number of hydrogen-bond acceptors (Lipinski definition) is 4. The van der Waals surface area contributed by atoms with E-state index in [9.17, 15) is 9.90 Å². The van der Waals surface area contributed by atoms with Crippen LogP contribution in [0.1, 0.15) is 29.7 Å². The summed E-state index contributed by atoms with van der Waals surface area (Å²) in [6, 6.07) is 5.98. The van der Waals surface area contributed by atoms with Crippen LogP contribution in [0.5, 0.6) is 0 Å². The Hall–Kier alpha value is -1.43. The number of benzene rings is 1. The summed E-state index contributed by atoms with van der Waals surface area (Å²) >= 11 is 0. The standard InChI is InChI=1S/C17H27N3O2/c1-12-8-13(2)10-15(9-12)16(21)11-19-4-6-20(7-5-19)14(3)17(18)22/h8-10,14,16,21H,4-7,11H2,1-3H3,(H2,18,22). The number of carbonyl (C=O) groups excluding carboxylic acids is 1. The molecular formula is C17H27N3O2. The molecule has 3 N–H and O–H groups in total. The Bertz CT molecular complexity index is 504. The molecule has 1 aromatic carbocycles. The Morgan fingerprint density at radius 2 is 1.73 bits per heavy atom. The van der Waals surface area contributed by atoms with Crippen LogP contribution >= 0.6 is 0 Å². The smallest absolute Gasteiger partial charge is 0.234 e. The minimum Gasteiger partial charge on any atom is -0.387 e. The fourth-order valence-electron chi connectivity index (χ4n) is 3.07. The van der Waals surface area contributed by atoms with Crippen LogP contribution in [0.2, 0.25) is 0 Å². The van der Waals surface area contributed by atoms with Crippen molar-refractivity contribution in [3.8, 4) is 0 Å². The first-order chi connectivity index (χ1) is 10.4. The lowest BCUT2D eigenvalue weighted by Crippen LogP contribution is -2.53. The Morgan fingerprint density at radius 3 is 2.23 bits per heavy atom. The molecule has 0 aliphatic carbocycles. The zero-order chi connectivity index (χ0) is 16.3. The van der Waals surface area contributed by atoms with Crippen molar-refractivity contribution in [3.05, 3.63) is 34.9 Å². The molecule has 1 fully saturated rings. The van der Waals surface area contributed by atoms with E-state index in [2.05, 4.69) is 15.9 Å². The van der Waals surface area contributed by atoms with Crippen molar-refractivity contribution >= 4 is 5.91 Å². The van der Waals surface area contributed by atoms with Crippen molar-refractivity contribution in [2.24, 2.45) is 5.73 Å². The number of piperazine rings is 1. The molecule has 1 aliphatic rings. The van der Waals surface area contributed by atoms with Gasteiger partial charge >= 0.3 is 0 Å². The molecule has 0 saturated carbocycles. The van der Waals surface area contributed by atoms with E-state index in [1.165, 1.54) is 11.1 Å². The fourth-order valence-corrected chi connectivity index (χ4v) is 3.07. The molecular weight excluding hydrogens is 278 g/mol. The molecule has 1 saturated heterocycles. The van der Waals surface area contributed by atoms with Crippen molar-refractivity contribution in [1.29, 1.82) is 0 Å². The van der Waals surface area contributed by atoms with Crippen molar-refractivity contribution in [3.63, 3.8) is 0 Å². The molecule has 0 spiro atoms. The van der Waals surface area contributed by atoms with Gasteiger partial charge in [-0.2, -0.15) is 0 Å². The van der Waals surface area contributed by atoms with E-state index >= 15 is 0 Å². The Labute approximate surface area is 132 Å². The second-order valence-corrected chi connectivity index (χ2v) is 6.35. The molecule has 2 rings (SSSR count). The fraction of sp³-hybridized carbons (Fsp3) is 0.588. The SMILES string of the molecule is Cc1cc(C)cc(C(O)CN2CCN(C(C)C(N)=O)CC2)c1. The highest BCUT2D eigenvalue weighted by Gasteiger charge is 2.25. The maximum absolute atomic E-state index is 11.2. The van der Waals surface area contributed by atoms with E-state index in [4.69, 9.17) is 5.73 Å². The van der Waals surface area contributed by atoms with E-state index in [0.717, 1.165) is 31.7 Å². The third kappa shape index (κ3) is 4.29. The van der Waals surface area contributed by atoms with Gasteiger partial charge in [-0.3, -0.25) is 14.6 Å². The van der Waals surface area contributed by atoms with Gasteiger partial charge in [-0.25, -0.2) is 0 Å². The molecule has 2 atom stereocenters. The average molecular weight is 305 g/mol. The summed E-state index contributed by atoms with van der Waals surface area (Å²) in [6.45, 7) is 9.89. The minimum atomic E-state index is -0.473. The number of aliphatic hydroxyl groups excluding tert-OH is 1. The lowest BCUT2D eigenvalue weighted by atomic mass is 10.0. The first-order valence-corrected chi connectivity index (χ1v) is 7.89. The van der Waals surface area contributed by atoms with Gasteiger partial charge in [0.25, 0.3) is 0 Å². The van der Waals surface area contributed by atoms with Crippen LogP contribution in [0.15, 0.2) is 18.2 Å². The summed E-state index contributed by atoms with van der Waals surface area (Å²) in [4.78, 5) is 15.6. The van der Waals surface area contributed by atoms with Gasteiger partial charge in [-0.15, -0.1) is 0 Å². The van der Waals surface area contributed by atoms with Gasteiger partial charge in [0.2, 0.25) is 5.91 Å². The van der Waals surface area contributed by atoms with Gasteiger partial charge in [-0.05, 0) is 26.3 Å². The van der Waals surface area contributed by atoms with Gasteiger partial charge in [-0.1, -0.05) is 29.3 Å². The van der Waals surface area contributed by atoms with Crippen LogP contribution in [0.25, 0.3) is 0 Å². The summed E-state index contributed by atoms with van der Waals surface area (Å²) in [7, 11) is 0. The molecule has 1 aromatic rings. The second kappa shape index (κ2) is 7.22. The zero-order valence-corrected chi connectivity index (χ0v) is 13.7. The van der Waals surface area contributed by atoms with Gasteiger partial charge < -0.3 is 10.8 Å². The van der Waals surface area contributed by atoms with E-state index in [-0.39, 0.29) is 11.9 Å². The zero-order valence-electron chi connectivity index (χ0n) is 13.7. The van der Waals surface area contributed by atoms with Crippen molar-refractivity contribution < 1.29 is 9.90 Å². The lowest BCUT2D eigenvalue weighted by Gasteiger charge is -2.37. The maximum Gasteiger partial charge on any atom is 0.234 e. The summed E-state index contributed by atoms with van der Waals surface area (Å²) < 4.78 is 0. The van der Waals surface area contributed by atoms with E-state index in [1.54, 1.807) is 0 Å². The Morgan fingerprint density at radius 1 is 1.18 bits per heavy atom. The molecule has 5 nitrogen and oxygen atoms in total. The quantitative estimate of drug-likeness (QED) is 0.845. The summed E-state index contributed by atoms with van der Waals surface area (Å²) in [6.07, 6.45) is -0.473. The number of nitrogens with zero attached hydrogens (tertiary/aromatic N) is 2. The number of amides is 1. The van der Waals surface area contributed by atoms with Gasteiger partial charge in [0.05, 0.1) is 12.1 Å². The van der Waals surface area contributed by atoms with Crippen LogP contribution < -0.4 is 5.73 Å². The maximum atomic E-state index is 11.2. The molecule has 2 unspecified atom stereocenters. The molecule has 5 heteroatoms. The van der Waals surface area contributed by atoms with Gasteiger partial charge in [0, 0.05) is 32.7 Å². The summed E-state index contributed by atoms with van der Waals surface area (Å²) in [5.74, 6) is -0.274. The predicted octanol–water partition coefficient (Wildman–Crippen LogP) is 0.828. The molecule has 0 aromatic heterocycles. The van der Waals surface area contributed by atoms with Crippen molar-refractivity contribution in [1.82, 2.24) is 9.80 Å². The highest BCUT2D eigenvalue weighted by molar-refractivity contribution is 5.79. The predicted molar refractivity (Wildman–Crippen MR) is 87.5 cm³/mol. The van der Waals surface area contributed by atoms with E-state index in [0.29, 0.717) is 6.54 Å². The molecule has 1 amide bonds. The van der Waals surface area contributed by atoms with Crippen LogP contribution in [-0.4, -0.2) is 59.6 Å². The number of β-amino-alcohol motifs (C(OH)–C–C–N with tert-alkyl or cyclic N) is 1. The lowest BCUT2D eigenvalue weighted by molar-refractivity contribution is -0.123. The van der Waals surface area contributed by atoms with Crippen LogP contribution in [-0.2, 0) is 4.79 Å². The monoisotopic (exact) mass is 305 g/mol. The molecule has 122 valence electrons. The molecule has 0 bridgehead atoms. The number of primary amides is 1. The highest BCUT2D eigenvalue weighted by atomic mass is 16.3. The summed E-state index contributed by atoms with van der Waals surface area (Å²) in [5, 5.41) is 10.5. The number of aryl methyl sites for hydroxylation is 2. The number of hydrogen-bond donors (Lipinski definition) is 2. The number of rotatable bonds is 5. The average Bonchev–Trinajstić information content (AvgIpc) is 2.46. The normalized spacial score (nSPS) is 19.8. The third-order valence-electron chi connectivity index (χ3n) is 4.43. The van der Waals surface area contributed by atoms with E-state index in [1.807, 2.05) is 32.9 Å². The number of nitrogens with two attached hydrogens (primary N) is 1. The highest BCUT2D eigenvalue weighted by Crippen LogP contribution is 2.19. The van der Waals surface area contributed by atoms with Crippen LogP contribution in [0, 0.1) is 13.8 Å². The third-order valence-corrected chi connectivity index (χ3v) is 4.43. The largest absolute Gasteiger partial charge is 0.387 e. The first-order valence-electron chi connectivity index (χ1n) is 7.89.